The van der Waals surface area contributed by atoms with Crippen molar-refractivity contribution in [2.75, 3.05) is 25.6 Å². The first-order chi connectivity index (χ1) is 21.6. The van der Waals surface area contributed by atoms with E-state index in [-0.39, 0.29) is 51.2 Å². The summed E-state index contributed by atoms with van der Waals surface area (Å²) >= 11 is 6.56. The standard InChI is InChI=1S/C33H29ClN2O8S/c1-42-23-13-15-30(29(18-23)44-3)45(40,41)36-26-14-12-22(34)17-25(26)33(32(36)39,24-10-6-7-11-28(24)43-2)35-19-21-9-5-4-8-20(21)16-27(35)31(37)38/h4-15,17-18,27H,16,19H2,1-3H3,(H,37,38)/t27-,33?/m0/s1. The van der Waals surface area contributed by atoms with E-state index in [0.717, 1.165) is 15.4 Å². The van der Waals surface area contributed by atoms with Crippen molar-refractivity contribution in [2.24, 2.45) is 0 Å². The van der Waals surface area contributed by atoms with Gasteiger partial charge in [-0.15, -0.1) is 0 Å². The number of carboxylic acid groups (broad SMARTS) is 1. The first-order valence-electron chi connectivity index (χ1n) is 13.9. The molecule has 45 heavy (non-hydrogen) atoms. The number of carbonyl (C=O) groups is 2. The lowest BCUT2D eigenvalue weighted by molar-refractivity contribution is -0.149. The second-order valence-electron chi connectivity index (χ2n) is 10.6. The zero-order valence-corrected chi connectivity index (χ0v) is 26.1. The van der Waals surface area contributed by atoms with Crippen molar-refractivity contribution in [3.05, 3.63) is 112 Å². The van der Waals surface area contributed by atoms with E-state index < -0.39 is 33.5 Å². The van der Waals surface area contributed by atoms with Gasteiger partial charge in [0, 0.05) is 28.8 Å². The molecule has 1 unspecified atom stereocenters. The van der Waals surface area contributed by atoms with Crippen LogP contribution in [0.3, 0.4) is 0 Å². The van der Waals surface area contributed by atoms with Crippen LogP contribution in [0.4, 0.5) is 5.69 Å². The van der Waals surface area contributed by atoms with Gasteiger partial charge >= 0.3 is 5.97 Å². The van der Waals surface area contributed by atoms with Gasteiger partial charge in [0.2, 0.25) is 0 Å². The number of aliphatic carboxylic acids is 1. The summed E-state index contributed by atoms with van der Waals surface area (Å²) in [5.41, 5.74) is 0.128. The number of sulfonamides is 1. The molecule has 6 rings (SSSR count). The Morgan fingerprint density at radius 3 is 2.24 bits per heavy atom. The molecule has 1 N–H and O–H groups in total. The molecule has 0 radical (unpaired) electrons. The first-order valence-corrected chi connectivity index (χ1v) is 15.7. The van der Waals surface area contributed by atoms with E-state index in [9.17, 15) is 18.3 Å². The van der Waals surface area contributed by atoms with E-state index in [2.05, 4.69) is 0 Å². The number of para-hydroxylation sites is 1. The van der Waals surface area contributed by atoms with Crippen molar-refractivity contribution in [1.82, 2.24) is 4.90 Å². The van der Waals surface area contributed by atoms with E-state index >= 15 is 4.79 Å². The zero-order chi connectivity index (χ0) is 32.1. The maximum absolute atomic E-state index is 15.3. The predicted molar refractivity (Wildman–Crippen MR) is 167 cm³/mol. The molecule has 12 heteroatoms. The number of fused-ring (bicyclic) bond motifs is 2. The van der Waals surface area contributed by atoms with Crippen LogP contribution in [0.1, 0.15) is 22.3 Å². The Kier molecular flexibility index (Phi) is 7.72. The number of benzene rings is 4. The van der Waals surface area contributed by atoms with Crippen LogP contribution in [0.5, 0.6) is 17.2 Å². The SMILES string of the molecule is COc1ccc(S(=O)(=O)N2C(=O)C(c3ccccc3OC)(N3Cc4ccccc4C[C@H]3C(=O)O)c3cc(Cl)ccc32)c(OC)c1. The minimum atomic E-state index is -4.67. The van der Waals surface area contributed by atoms with Crippen LogP contribution in [-0.4, -0.2) is 57.7 Å². The van der Waals surface area contributed by atoms with E-state index in [4.69, 9.17) is 25.8 Å². The molecule has 232 valence electrons. The summed E-state index contributed by atoms with van der Waals surface area (Å²) in [7, 11) is -0.491. The number of rotatable bonds is 8. The normalized spacial score (nSPS) is 19.5. The monoisotopic (exact) mass is 648 g/mol. The van der Waals surface area contributed by atoms with Crippen LogP contribution >= 0.6 is 11.6 Å². The summed E-state index contributed by atoms with van der Waals surface area (Å²) in [5.74, 6) is -1.50. The van der Waals surface area contributed by atoms with Gasteiger partial charge in [-0.25, -0.2) is 12.7 Å². The summed E-state index contributed by atoms with van der Waals surface area (Å²) in [6.07, 6.45) is 0.0740. The third kappa shape index (κ3) is 4.61. The molecule has 2 aliphatic rings. The molecule has 1 amide bonds. The molecule has 0 saturated carbocycles. The van der Waals surface area contributed by atoms with Crippen LogP contribution in [0, 0.1) is 0 Å². The Balaban J connectivity index is 1.69. The van der Waals surface area contributed by atoms with Crippen molar-refractivity contribution >= 4 is 39.2 Å². The lowest BCUT2D eigenvalue weighted by atomic mass is 9.78. The summed E-state index contributed by atoms with van der Waals surface area (Å²) in [5, 5.41) is 10.9. The number of hydrogen-bond donors (Lipinski definition) is 1. The van der Waals surface area contributed by atoms with Crippen LogP contribution in [-0.2, 0) is 38.1 Å². The summed E-state index contributed by atoms with van der Waals surface area (Å²) in [6, 6.07) is 21.5. The summed E-state index contributed by atoms with van der Waals surface area (Å²) in [6.45, 7) is 0.0165. The largest absolute Gasteiger partial charge is 0.497 e. The molecule has 0 spiro atoms. The lowest BCUT2D eigenvalue weighted by Crippen LogP contribution is -2.61. The quantitative estimate of drug-likeness (QED) is 0.285. The third-order valence-corrected chi connectivity index (χ3v) is 10.4. The molecule has 2 heterocycles. The number of carbonyl (C=O) groups excluding carboxylic acids is 1. The third-order valence-electron chi connectivity index (χ3n) is 8.41. The molecule has 4 aromatic rings. The molecule has 0 saturated heterocycles. The average Bonchev–Trinajstić information content (AvgIpc) is 3.31. The molecule has 4 aromatic carbocycles. The number of amides is 1. The van der Waals surface area contributed by atoms with Crippen molar-refractivity contribution in [1.29, 1.82) is 0 Å². The van der Waals surface area contributed by atoms with Gasteiger partial charge in [0.05, 0.1) is 27.0 Å². The van der Waals surface area contributed by atoms with E-state index in [1.807, 2.05) is 24.3 Å². The fourth-order valence-electron chi connectivity index (χ4n) is 6.40. The van der Waals surface area contributed by atoms with Gasteiger partial charge in [-0.05, 0) is 53.9 Å². The van der Waals surface area contributed by atoms with Crippen LogP contribution in [0.15, 0.2) is 89.8 Å². The molecule has 10 nitrogen and oxygen atoms in total. The number of halogens is 1. The molecule has 0 aromatic heterocycles. The van der Waals surface area contributed by atoms with Gasteiger partial charge in [-0.2, -0.15) is 0 Å². The van der Waals surface area contributed by atoms with E-state index in [1.165, 1.54) is 57.7 Å². The van der Waals surface area contributed by atoms with Gasteiger partial charge in [0.15, 0.2) is 5.54 Å². The zero-order valence-electron chi connectivity index (χ0n) is 24.6. The Morgan fingerprint density at radius 2 is 1.56 bits per heavy atom. The maximum atomic E-state index is 15.3. The van der Waals surface area contributed by atoms with E-state index in [0.29, 0.717) is 5.75 Å². The number of hydrogen-bond acceptors (Lipinski definition) is 8. The van der Waals surface area contributed by atoms with Gasteiger partial charge in [0.25, 0.3) is 15.9 Å². The summed E-state index contributed by atoms with van der Waals surface area (Å²) < 4.78 is 46.4. The minimum Gasteiger partial charge on any atom is -0.497 e. The van der Waals surface area contributed by atoms with Crippen molar-refractivity contribution in [3.63, 3.8) is 0 Å². The molecule has 0 bridgehead atoms. The topological polar surface area (TPSA) is 123 Å². The van der Waals surface area contributed by atoms with Crippen molar-refractivity contribution in [2.45, 2.75) is 29.4 Å². The highest BCUT2D eigenvalue weighted by molar-refractivity contribution is 7.93. The molecule has 2 atom stereocenters. The maximum Gasteiger partial charge on any atom is 0.321 e. The van der Waals surface area contributed by atoms with Crippen LogP contribution in [0.25, 0.3) is 0 Å². The van der Waals surface area contributed by atoms with Gasteiger partial charge in [0.1, 0.15) is 28.2 Å². The molecular formula is C33H29ClN2O8S. The molecule has 0 fully saturated rings. The summed E-state index contributed by atoms with van der Waals surface area (Å²) in [4.78, 5) is 29.6. The van der Waals surface area contributed by atoms with Crippen molar-refractivity contribution in [3.8, 4) is 17.2 Å². The Morgan fingerprint density at radius 1 is 0.867 bits per heavy atom. The van der Waals surface area contributed by atoms with E-state index in [1.54, 1.807) is 29.2 Å². The second-order valence-corrected chi connectivity index (χ2v) is 12.8. The Bertz CT molecular complexity index is 1950. The van der Waals surface area contributed by atoms with Gasteiger partial charge in [-0.3, -0.25) is 14.5 Å². The predicted octanol–water partition coefficient (Wildman–Crippen LogP) is 4.86. The first kappa shape index (κ1) is 30.4. The Hall–Kier alpha value is -4.58. The highest BCUT2D eigenvalue weighted by Crippen LogP contribution is 2.55. The Labute approximate surface area is 265 Å². The van der Waals surface area contributed by atoms with Crippen LogP contribution < -0.4 is 18.5 Å². The number of carboxylic acids is 1. The lowest BCUT2D eigenvalue weighted by Gasteiger charge is -2.46. The highest BCUT2D eigenvalue weighted by Gasteiger charge is 2.63. The average molecular weight is 649 g/mol. The molecule has 2 aliphatic heterocycles. The van der Waals surface area contributed by atoms with Gasteiger partial charge < -0.3 is 19.3 Å². The molecule has 0 aliphatic carbocycles. The fraction of sp³-hybridized carbons (Fsp3) is 0.212. The van der Waals surface area contributed by atoms with Gasteiger partial charge in [-0.1, -0.05) is 54.1 Å². The second kappa shape index (κ2) is 11.4. The minimum absolute atomic E-state index is 0.0165. The molecular weight excluding hydrogens is 620 g/mol. The van der Waals surface area contributed by atoms with Crippen molar-refractivity contribution < 1.29 is 37.3 Å². The number of anilines is 1. The number of methoxy groups -OCH3 is 3. The highest BCUT2D eigenvalue weighted by atomic mass is 35.5. The number of nitrogens with zero attached hydrogens (tertiary/aromatic N) is 2. The smallest absolute Gasteiger partial charge is 0.321 e. The number of ether oxygens (including phenoxy) is 3. The van der Waals surface area contributed by atoms with Crippen LogP contribution in [0.2, 0.25) is 5.02 Å². The fourth-order valence-corrected chi connectivity index (χ4v) is 8.18.